The van der Waals surface area contributed by atoms with Crippen LogP contribution in [0, 0.1) is 0 Å². The predicted octanol–water partition coefficient (Wildman–Crippen LogP) is 3.68. The summed E-state index contributed by atoms with van der Waals surface area (Å²) < 4.78 is 12.5. The Morgan fingerprint density at radius 2 is 2.07 bits per heavy atom. The van der Waals surface area contributed by atoms with Crippen LogP contribution in [0.2, 0.25) is 0 Å². The normalized spacial score (nSPS) is 13.0. The van der Waals surface area contributed by atoms with Crippen LogP contribution in [-0.2, 0) is 25.8 Å². The second-order valence-corrected chi connectivity index (χ2v) is 9.40. The van der Waals surface area contributed by atoms with E-state index in [1.165, 1.54) is 10.4 Å². The molecule has 4 rings (SSSR count). The van der Waals surface area contributed by atoms with E-state index in [-0.39, 0.29) is 12.2 Å². The number of thiophene rings is 1. The summed E-state index contributed by atoms with van der Waals surface area (Å²) in [6, 6.07) is 5.84. The third kappa shape index (κ3) is 4.08. The Hall–Kier alpha value is -2.03. The monoisotopic (exact) mass is 446 g/mol. The number of hydrogen-bond donors (Lipinski definition) is 1. The maximum atomic E-state index is 13.5. The van der Waals surface area contributed by atoms with Crippen molar-refractivity contribution in [1.29, 1.82) is 0 Å². The molecule has 3 aromatic rings. The van der Waals surface area contributed by atoms with E-state index in [0.29, 0.717) is 30.9 Å². The molecule has 1 aliphatic carbocycles. The summed E-state index contributed by atoms with van der Waals surface area (Å²) >= 11 is 3.21. The van der Waals surface area contributed by atoms with Crippen LogP contribution in [0.1, 0.15) is 28.8 Å². The van der Waals surface area contributed by atoms with E-state index in [2.05, 4.69) is 0 Å². The Bertz CT molecular complexity index is 1110. The van der Waals surface area contributed by atoms with Crippen LogP contribution in [0.4, 0.5) is 0 Å². The van der Waals surface area contributed by atoms with Crippen molar-refractivity contribution >= 4 is 33.3 Å². The summed E-state index contributed by atoms with van der Waals surface area (Å²) in [6.07, 6.45) is 4.51. The molecular formula is C22H26N2O4S2. The number of aliphatic hydroxyl groups excluding tert-OH is 1. The first-order valence-electron chi connectivity index (χ1n) is 10.2. The molecular weight excluding hydrogens is 420 g/mol. The SMILES string of the molecule is COc1ccc(CCn2c(SCCCO)nc3sc4c(c3c2=O)CCC4)cc1OC. The van der Waals surface area contributed by atoms with Crippen molar-refractivity contribution in [3.05, 3.63) is 44.6 Å². The number of aromatic nitrogens is 2. The second kappa shape index (κ2) is 9.41. The number of aliphatic hydroxyl groups is 1. The Morgan fingerprint density at radius 1 is 1.23 bits per heavy atom. The third-order valence-corrected chi connectivity index (χ3v) is 7.64. The van der Waals surface area contributed by atoms with Gasteiger partial charge in [0.15, 0.2) is 16.7 Å². The Labute approximate surface area is 183 Å². The topological polar surface area (TPSA) is 73.6 Å². The van der Waals surface area contributed by atoms with E-state index in [1.807, 2.05) is 22.8 Å². The van der Waals surface area contributed by atoms with Gasteiger partial charge >= 0.3 is 0 Å². The standard InChI is InChI=1S/C22H26N2O4S2/c1-27-16-8-7-14(13-17(16)28-2)9-10-24-21(26)19-15-5-3-6-18(15)30-20(19)23-22(24)29-12-4-11-25/h7-8,13,25H,3-6,9-12H2,1-2H3. The first kappa shape index (κ1) is 21.2. The van der Waals surface area contributed by atoms with Gasteiger partial charge in [-0.25, -0.2) is 4.98 Å². The van der Waals surface area contributed by atoms with Crippen LogP contribution >= 0.6 is 23.1 Å². The van der Waals surface area contributed by atoms with Crippen molar-refractivity contribution in [3.8, 4) is 11.5 Å². The molecule has 0 amide bonds. The number of thioether (sulfide) groups is 1. The number of rotatable bonds is 9. The van der Waals surface area contributed by atoms with Gasteiger partial charge in [-0.15, -0.1) is 11.3 Å². The lowest BCUT2D eigenvalue weighted by atomic mass is 10.1. The van der Waals surface area contributed by atoms with Gasteiger partial charge in [-0.05, 0) is 55.4 Å². The molecule has 0 fully saturated rings. The highest BCUT2D eigenvalue weighted by atomic mass is 32.2. The van der Waals surface area contributed by atoms with Gasteiger partial charge in [0.1, 0.15) is 4.83 Å². The number of aryl methyl sites for hydroxylation is 3. The minimum atomic E-state index is 0.0615. The maximum Gasteiger partial charge on any atom is 0.263 e. The van der Waals surface area contributed by atoms with Crippen LogP contribution in [0.15, 0.2) is 28.2 Å². The van der Waals surface area contributed by atoms with Gasteiger partial charge in [0.05, 0.1) is 19.6 Å². The fourth-order valence-corrected chi connectivity index (χ4v) is 6.12. The summed E-state index contributed by atoms with van der Waals surface area (Å²) in [4.78, 5) is 20.5. The van der Waals surface area contributed by atoms with E-state index < -0.39 is 0 Å². The van der Waals surface area contributed by atoms with Crippen molar-refractivity contribution in [2.75, 3.05) is 26.6 Å². The molecule has 2 heterocycles. The van der Waals surface area contributed by atoms with E-state index in [4.69, 9.17) is 19.6 Å². The van der Waals surface area contributed by atoms with Crippen LogP contribution in [0.5, 0.6) is 11.5 Å². The number of fused-ring (bicyclic) bond motifs is 3. The number of ether oxygens (including phenoxy) is 2. The highest BCUT2D eigenvalue weighted by Gasteiger charge is 2.23. The molecule has 0 unspecified atom stereocenters. The van der Waals surface area contributed by atoms with E-state index >= 15 is 0 Å². The fraction of sp³-hybridized carbons (Fsp3) is 0.455. The first-order valence-corrected chi connectivity index (χ1v) is 12.0. The van der Waals surface area contributed by atoms with Gasteiger partial charge in [-0.2, -0.15) is 0 Å². The molecule has 8 heteroatoms. The zero-order valence-electron chi connectivity index (χ0n) is 17.3. The third-order valence-electron chi connectivity index (χ3n) is 5.40. The average molecular weight is 447 g/mol. The zero-order chi connectivity index (χ0) is 21.1. The quantitative estimate of drug-likeness (QED) is 0.307. The predicted molar refractivity (Wildman–Crippen MR) is 122 cm³/mol. The van der Waals surface area contributed by atoms with Crippen LogP contribution in [-0.4, -0.2) is 41.2 Å². The molecule has 0 saturated heterocycles. The largest absolute Gasteiger partial charge is 0.493 e. The van der Waals surface area contributed by atoms with Crippen LogP contribution < -0.4 is 15.0 Å². The highest BCUT2D eigenvalue weighted by molar-refractivity contribution is 7.99. The molecule has 30 heavy (non-hydrogen) atoms. The van der Waals surface area contributed by atoms with Crippen molar-refractivity contribution in [3.63, 3.8) is 0 Å². The fourth-order valence-electron chi connectivity index (χ4n) is 3.87. The highest BCUT2D eigenvalue weighted by Crippen LogP contribution is 2.35. The Morgan fingerprint density at radius 3 is 2.83 bits per heavy atom. The summed E-state index contributed by atoms with van der Waals surface area (Å²) in [6.45, 7) is 0.682. The zero-order valence-corrected chi connectivity index (χ0v) is 18.9. The number of benzene rings is 1. The van der Waals surface area contributed by atoms with Gasteiger partial charge in [0, 0.05) is 23.8 Å². The second-order valence-electron chi connectivity index (χ2n) is 7.25. The van der Waals surface area contributed by atoms with Crippen LogP contribution in [0.3, 0.4) is 0 Å². The van der Waals surface area contributed by atoms with Gasteiger partial charge < -0.3 is 14.6 Å². The van der Waals surface area contributed by atoms with E-state index in [1.54, 1.807) is 37.3 Å². The van der Waals surface area contributed by atoms with Crippen molar-refractivity contribution in [2.45, 2.75) is 43.8 Å². The first-order chi connectivity index (χ1) is 14.7. The molecule has 1 aliphatic rings. The smallest absolute Gasteiger partial charge is 0.263 e. The molecule has 0 atom stereocenters. The molecule has 2 aromatic heterocycles. The number of hydrogen-bond acceptors (Lipinski definition) is 7. The summed E-state index contributed by atoms with van der Waals surface area (Å²) in [5, 5.41) is 10.7. The summed E-state index contributed by atoms with van der Waals surface area (Å²) in [5.74, 6) is 2.11. The van der Waals surface area contributed by atoms with Crippen LogP contribution in [0.25, 0.3) is 10.2 Å². The lowest BCUT2D eigenvalue weighted by molar-refractivity contribution is 0.296. The Balaban J connectivity index is 1.68. The lowest BCUT2D eigenvalue weighted by Crippen LogP contribution is -2.24. The van der Waals surface area contributed by atoms with E-state index in [0.717, 1.165) is 46.0 Å². The maximum absolute atomic E-state index is 13.5. The minimum Gasteiger partial charge on any atom is -0.493 e. The van der Waals surface area contributed by atoms with Gasteiger partial charge in [0.2, 0.25) is 0 Å². The van der Waals surface area contributed by atoms with Gasteiger partial charge in [-0.1, -0.05) is 17.8 Å². The van der Waals surface area contributed by atoms with Crippen molar-refractivity contribution in [1.82, 2.24) is 9.55 Å². The number of methoxy groups -OCH3 is 2. The Kier molecular flexibility index (Phi) is 6.65. The molecule has 160 valence electrons. The molecule has 0 bridgehead atoms. The molecule has 6 nitrogen and oxygen atoms in total. The van der Waals surface area contributed by atoms with Crippen molar-refractivity contribution < 1.29 is 14.6 Å². The summed E-state index contributed by atoms with van der Waals surface area (Å²) in [7, 11) is 3.24. The van der Waals surface area contributed by atoms with E-state index in [9.17, 15) is 4.79 Å². The lowest BCUT2D eigenvalue weighted by Gasteiger charge is -2.13. The average Bonchev–Trinajstić information content (AvgIpc) is 3.34. The molecule has 1 aromatic carbocycles. The summed E-state index contributed by atoms with van der Waals surface area (Å²) in [5.41, 5.74) is 2.34. The molecule has 0 aliphatic heterocycles. The van der Waals surface area contributed by atoms with Gasteiger partial charge in [-0.3, -0.25) is 9.36 Å². The molecule has 0 saturated carbocycles. The van der Waals surface area contributed by atoms with Crippen molar-refractivity contribution in [2.24, 2.45) is 0 Å². The molecule has 1 N–H and O–H groups in total. The minimum absolute atomic E-state index is 0.0615. The van der Waals surface area contributed by atoms with Gasteiger partial charge in [0.25, 0.3) is 5.56 Å². The molecule has 0 spiro atoms. The molecule has 0 radical (unpaired) electrons. The number of nitrogens with zero attached hydrogens (tertiary/aromatic N) is 2.